The van der Waals surface area contributed by atoms with Gasteiger partial charge in [0, 0.05) is 46.7 Å². The molecule has 3 aromatic rings. The number of aliphatic hydroxyl groups excluding tert-OH is 1. The van der Waals surface area contributed by atoms with Crippen molar-refractivity contribution in [3.05, 3.63) is 82.4 Å². The minimum Gasteiger partial charge on any atom is -0.395 e. The predicted octanol–water partition coefficient (Wildman–Crippen LogP) is 3.61. The summed E-state index contributed by atoms with van der Waals surface area (Å²) in [7, 11) is 0. The van der Waals surface area contributed by atoms with Crippen LogP contribution in [0.1, 0.15) is 37.5 Å². The molecular formula is C24H21ClN2O4. The Morgan fingerprint density at radius 2 is 1.58 bits per heavy atom. The van der Waals surface area contributed by atoms with Gasteiger partial charge in [0.2, 0.25) is 0 Å². The first-order valence-electron chi connectivity index (χ1n) is 10.0. The summed E-state index contributed by atoms with van der Waals surface area (Å²) in [5.41, 5.74) is 1.44. The van der Waals surface area contributed by atoms with Gasteiger partial charge in [-0.1, -0.05) is 41.9 Å². The van der Waals surface area contributed by atoms with E-state index in [4.69, 9.17) is 11.6 Å². The number of hydrogen-bond acceptors (Lipinski definition) is 4. The summed E-state index contributed by atoms with van der Waals surface area (Å²) in [5.74, 6) is -0.920. The van der Waals surface area contributed by atoms with Crippen LogP contribution >= 0.6 is 11.6 Å². The van der Waals surface area contributed by atoms with E-state index in [0.29, 0.717) is 33.5 Å². The number of benzene rings is 3. The fraction of sp³-hybridized carbons (Fsp3) is 0.208. The third-order valence-electron chi connectivity index (χ3n) is 5.39. The summed E-state index contributed by atoms with van der Waals surface area (Å²) in [6.45, 7) is 0.417. The Morgan fingerprint density at radius 3 is 2.19 bits per heavy atom. The lowest BCUT2D eigenvalue weighted by Gasteiger charge is -2.28. The number of amides is 3. The normalized spacial score (nSPS) is 13.0. The maximum absolute atomic E-state index is 13.0. The van der Waals surface area contributed by atoms with Crippen LogP contribution in [-0.4, -0.2) is 58.9 Å². The summed E-state index contributed by atoms with van der Waals surface area (Å²) in [6.07, 6.45) is 0.391. The summed E-state index contributed by atoms with van der Waals surface area (Å²) in [5, 5.41) is 11.4. The van der Waals surface area contributed by atoms with E-state index in [1.54, 1.807) is 48.5 Å². The van der Waals surface area contributed by atoms with Gasteiger partial charge in [0.15, 0.2) is 0 Å². The first-order chi connectivity index (χ1) is 15.0. The van der Waals surface area contributed by atoms with Crippen LogP contribution in [0.3, 0.4) is 0 Å². The highest BCUT2D eigenvalue weighted by Gasteiger charge is 2.32. The zero-order valence-corrected chi connectivity index (χ0v) is 17.5. The predicted molar refractivity (Wildman–Crippen MR) is 118 cm³/mol. The molecule has 0 atom stereocenters. The molecule has 7 heteroatoms. The Bertz CT molecular complexity index is 1130. The van der Waals surface area contributed by atoms with E-state index in [2.05, 4.69) is 0 Å². The van der Waals surface area contributed by atoms with Crippen LogP contribution in [0, 0.1) is 0 Å². The molecule has 3 aromatic carbocycles. The van der Waals surface area contributed by atoms with Gasteiger partial charge in [0.1, 0.15) is 0 Å². The highest BCUT2D eigenvalue weighted by atomic mass is 35.5. The Labute approximate surface area is 184 Å². The van der Waals surface area contributed by atoms with Crippen LogP contribution < -0.4 is 0 Å². The lowest BCUT2D eigenvalue weighted by atomic mass is 9.94. The Morgan fingerprint density at radius 1 is 0.935 bits per heavy atom. The van der Waals surface area contributed by atoms with Crippen molar-refractivity contribution in [1.82, 2.24) is 9.80 Å². The maximum atomic E-state index is 13.0. The third kappa shape index (κ3) is 4.04. The fourth-order valence-corrected chi connectivity index (χ4v) is 4.13. The molecule has 1 aliphatic heterocycles. The second-order valence-electron chi connectivity index (χ2n) is 7.35. The molecule has 158 valence electrons. The molecule has 31 heavy (non-hydrogen) atoms. The quantitative estimate of drug-likeness (QED) is 0.574. The van der Waals surface area contributed by atoms with Crippen molar-refractivity contribution >= 4 is 40.1 Å². The number of carbonyl (C=O) groups excluding carboxylic acids is 3. The zero-order valence-electron chi connectivity index (χ0n) is 16.8. The van der Waals surface area contributed by atoms with Crippen LogP contribution in [0.2, 0.25) is 5.02 Å². The van der Waals surface area contributed by atoms with Crippen LogP contribution in [0.25, 0.3) is 10.8 Å². The number of halogens is 1. The number of carbonyl (C=O) groups is 3. The number of imide groups is 1. The van der Waals surface area contributed by atoms with Gasteiger partial charge in [0.05, 0.1) is 6.61 Å². The fourth-order valence-electron chi connectivity index (χ4n) is 3.94. The van der Waals surface area contributed by atoms with Gasteiger partial charge < -0.3 is 10.0 Å². The molecule has 1 N–H and O–H groups in total. The van der Waals surface area contributed by atoms with Gasteiger partial charge in [-0.05, 0) is 42.1 Å². The van der Waals surface area contributed by atoms with Gasteiger partial charge in [0.25, 0.3) is 17.7 Å². The van der Waals surface area contributed by atoms with Gasteiger partial charge in [-0.25, -0.2) is 0 Å². The summed E-state index contributed by atoms with van der Waals surface area (Å²) in [6, 6.07) is 17.4. The van der Waals surface area contributed by atoms with Crippen LogP contribution in [0.4, 0.5) is 0 Å². The molecule has 0 aliphatic carbocycles. The molecule has 0 radical (unpaired) electrons. The van der Waals surface area contributed by atoms with Crippen molar-refractivity contribution in [2.24, 2.45) is 0 Å². The topological polar surface area (TPSA) is 77.9 Å². The molecule has 0 saturated carbocycles. The monoisotopic (exact) mass is 436 g/mol. The number of rotatable bonds is 7. The first-order valence-corrected chi connectivity index (χ1v) is 10.4. The van der Waals surface area contributed by atoms with Crippen molar-refractivity contribution < 1.29 is 19.5 Å². The molecule has 3 amide bonds. The van der Waals surface area contributed by atoms with E-state index in [1.165, 1.54) is 9.80 Å². The minimum absolute atomic E-state index is 0.148. The molecule has 0 spiro atoms. The number of nitrogens with zero attached hydrogens (tertiary/aromatic N) is 2. The molecule has 0 saturated heterocycles. The van der Waals surface area contributed by atoms with Crippen LogP contribution in [0.5, 0.6) is 0 Å². The Kier molecular flexibility index (Phi) is 6.02. The van der Waals surface area contributed by atoms with Crippen molar-refractivity contribution in [3.63, 3.8) is 0 Å². The summed E-state index contributed by atoms with van der Waals surface area (Å²) in [4.78, 5) is 41.5. The number of hydrogen-bond donors (Lipinski definition) is 1. The molecule has 0 unspecified atom stereocenters. The van der Waals surface area contributed by atoms with E-state index in [-0.39, 0.29) is 44.0 Å². The van der Waals surface area contributed by atoms with Gasteiger partial charge >= 0.3 is 0 Å². The van der Waals surface area contributed by atoms with Crippen LogP contribution in [-0.2, 0) is 0 Å². The zero-order chi connectivity index (χ0) is 22.0. The smallest absolute Gasteiger partial charge is 0.261 e. The van der Waals surface area contributed by atoms with Crippen LogP contribution in [0.15, 0.2) is 60.7 Å². The van der Waals surface area contributed by atoms with Crippen molar-refractivity contribution in [1.29, 1.82) is 0 Å². The largest absolute Gasteiger partial charge is 0.395 e. The van der Waals surface area contributed by atoms with E-state index in [9.17, 15) is 19.5 Å². The molecule has 0 fully saturated rings. The summed E-state index contributed by atoms with van der Waals surface area (Å²) < 4.78 is 0. The van der Waals surface area contributed by atoms with E-state index < -0.39 is 0 Å². The SMILES string of the molecule is O=C(c1cccc(Cl)c1)N(CCO)CCCN1C(=O)c2cccc3cccc(c23)C1=O. The lowest BCUT2D eigenvalue weighted by Crippen LogP contribution is -2.42. The molecule has 0 bridgehead atoms. The van der Waals surface area contributed by atoms with Gasteiger partial charge in [-0.3, -0.25) is 19.3 Å². The molecular weight excluding hydrogens is 416 g/mol. The highest BCUT2D eigenvalue weighted by Crippen LogP contribution is 2.30. The van der Waals surface area contributed by atoms with Crippen molar-refractivity contribution in [2.75, 3.05) is 26.2 Å². The Hall–Kier alpha value is -3.22. The average Bonchev–Trinajstić information content (AvgIpc) is 2.78. The van der Waals surface area contributed by atoms with E-state index >= 15 is 0 Å². The van der Waals surface area contributed by atoms with Crippen molar-refractivity contribution in [3.8, 4) is 0 Å². The maximum Gasteiger partial charge on any atom is 0.261 e. The molecule has 4 rings (SSSR count). The third-order valence-corrected chi connectivity index (χ3v) is 5.63. The van der Waals surface area contributed by atoms with Gasteiger partial charge in [-0.2, -0.15) is 0 Å². The second kappa shape index (κ2) is 8.88. The standard InChI is InChI=1S/C24H21ClN2O4/c25-18-8-1-7-17(15-18)22(29)26(13-14-28)11-4-12-27-23(30)19-9-2-5-16-6-3-10-20(21(16)19)24(27)31/h1-3,5-10,15,28H,4,11-14H2. The lowest BCUT2D eigenvalue weighted by molar-refractivity contribution is 0.0596. The number of aliphatic hydroxyl groups is 1. The Balaban J connectivity index is 1.49. The van der Waals surface area contributed by atoms with E-state index in [1.807, 2.05) is 12.1 Å². The van der Waals surface area contributed by atoms with E-state index in [0.717, 1.165) is 5.39 Å². The first kappa shape index (κ1) is 21.0. The molecule has 1 heterocycles. The molecule has 0 aromatic heterocycles. The average molecular weight is 437 g/mol. The second-order valence-corrected chi connectivity index (χ2v) is 7.79. The summed E-state index contributed by atoms with van der Waals surface area (Å²) >= 11 is 5.98. The molecule has 6 nitrogen and oxygen atoms in total. The van der Waals surface area contributed by atoms with Gasteiger partial charge in [-0.15, -0.1) is 0 Å². The molecule has 1 aliphatic rings. The minimum atomic E-state index is -0.329. The highest BCUT2D eigenvalue weighted by molar-refractivity contribution is 6.31. The van der Waals surface area contributed by atoms with Crippen molar-refractivity contribution in [2.45, 2.75) is 6.42 Å².